The third kappa shape index (κ3) is 4.31. The summed E-state index contributed by atoms with van der Waals surface area (Å²) >= 11 is 0. The number of sulfone groups is 1. The van der Waals surface area contributed by atoms with Crippen molar-refractivity contribution >= 4 is 26.7 Å². The summed E-state index contributed by atoms with van der Waals surface area (Å²) in [6, 6.07) is 16.3. The molecule has 1 N–H and O–H groups in total. The number of hydrogen-bond donors (Lipinski definition) is 1. The van der Waals surface area contributed by atoms with Gasteiger partial charge in [-0.3, -0.25) is 4.98 Å². The lowest BCUT2D eigenvalue weighted by atomic mass is 9.92. The molecule has 0 saturated carbocycles. The summed E-state index contributed by atoms with van der Waals surface area (Å²) in [4.78, 5) is 15.8. The van der Waals surface area contributed by atoms with E-state index in [0.29, 0.717) is 16.7 Å². The van der Waals surface area contributed by atoms with E-state index in [1.54, 1.807) is 36.4 Å². The molecule has 0 unspecified atom stereocenters. The maximum Gasteiger partial charge on any atom is 0.418 e. The predicted molar refractivity (Wildman–Crippen MR) is 118 cm³/mol. The fraction of sp³-hybridized carbons (Fsp3) is 0.0833. The van der Waals surface area contributed by atoms with Crippen molar-refractivity contribution in [2.45, 2.75) is 11.1 Å². The van der Waals surface area contributed by atoms with Crippen molar-refractivity contribution in [2.24, 2.45) is 0 Å². The van der Waals surface area contributed by atoms with Gasteiger partial charge < -0.3 is 5.11 Å². The summed E-state index contributed by atoms with van der Waals surface area (Å²) in [5.41, 5.74) is 0.0342. The van der Waals surface area contributed by atoms with Crippen LogP contribution in [0.5, 0.6) is 0 Å². The number of alkyl halides is 3. The highest BCUT2D eigenvalue weighted by Gasteiger charge is 2.34. The number of nitrogens with zero attached hydrogens (tertiary/aromatic N) is 1. The molecule has 0 aliphatic rings. The van der Waals surface area contributed by atoms with Gasteiger partial charge in [0.2, 0.25) is 0 Å². The zero-order valence-corrected chi connectivity index (χ0v) is 17.9. The van der Waals surface area contributed by atoms with E-state index in [-0.39, 0.29) is 26.9 Å². The molecule has 1 aromatic heterocycles. The molecular weight excluding hydrogens is 455 g/mol. The molecule has 0 spiro atoms. The average molecular weight is 471 g/mol. The first-order valence-corrected chi connectivity index (χ1v) is 11.5. The largest absolute Gasteiger partial charge is 0.478 e. The zero-order valence-electron chi connectivity index (χ0n) is 17.1. The van der Waals surface area contributed by atoms with Gasteiger partial charge in [0.15, 0.2) is 9.84 Å². The fourth-order valence-corrected chi connectivity index (χ4v) is 4.35. The first-order valence-electron chi connectivity index (χ1n) is 9.60. The molecule has 5 nitrogen and oxygen atoms in total. The number of hydrogen-bond acceptors (Lipinski definition) is 4. The molecule has 168 valence electrons. The Morgan fingerprint density at radius 1 is 0.909 bits per heavy atom. The highest BCUT2D eigenvalue weighted by molar-refractivity contribution is 7.90. The van der Waals surface area contributed by atoms with E-state index < -0.39 is 27.5 Å². The van der Waals surface area contributed by atoms with Gasteiger partial charge in [-0.15, -0.1) is 0 Å². The molecule has 0 radical (unpaired) electrons. The van der Waals surface area contributed by atoms with E-state index in [1.807, 2.05) is 0 Å². The van der Waals surface area contributed by atoms with Crippen LogP contribution < -0.4 is 0 Å². The number of para-hydroxylation sites is 1. The Morgan fingerprint density at radius 3 is 2.15 bits per heavy atom. The number of rotatable bonds is 4. The van der Waals surface area contributed by atoms with Gasteiger partial charge in [-0.25, -0.2) is 13.2 Å². The Balaban J connectivity index is 1.99. The van der Waals surface area contributed by atoms with E-state index in [2.05, 4.69) is 4.98 Å². The number of benzene rings is 3. The van der Waals surface area contributed by atoms with Crippen LogP contribution in [0.4, 0.5) is 13.2 Å². The minimum Gasteiger partial charge on any atom is -0.478 e. The van der Waals surface area contributed by atoms with Crippen molar-refractivity contribution in [3.8, 4) is 22.3 Å². The molecule has 4 rings (SSSR count). The van der Waals surface area contributed by atoms with Crippen LogP contribution in [-0.4, -0.2) is 30.7 Å². The lowest BCUT2D eigenvalue weighted by Gasteiger charge is -2.15. The van der Waals surface area contributed by atoms with Gasteiger partial charge in [-0.2, -0.15) is 13.2 Å². The van der Waals surface area contributed by atoms with Gasteiger partial charge in [0.05, 0.1) is 21.5 Å². The second-order valence-corrected chi connectivity index (χ2v) is 9.45. The van der Waals surface area contributed by atoms with Gasteiger partial charge in [-0.1, -0.05) is 42.5 Å². The normalized spacial score (nSPS) is 12.1. The number of halogens is 3. The van der Waals surface area contributed by atoms with Crippen molar-refractivity contribution in [1.82, 2.24) is 4.98 Å². The summed E-state index contributed by atoms with van der Waals surface area (Å²) < 4.78 is 64.4. The van der Waals surface area contributed by atoms with Crippen LogP contribution in [0, 0.1) is 0 Å². The molecule has 0 aliphatic heterocycles. The number of pyridine rings is 1. The minimum atomic E-state index is -4.66. The number of carboxylic acid groups (broad SMARTS) is 1. The van der Waals surface area contributed by atoms with E-state index in [4.69, 9.17) is 0 Å². The highest BCUT2D eigenvalue weighted by Crippen LogP contribution is 2.39. The number of fused-ring (bicyclic) bond motifs is 1. The maximum atomic E-state index is 13.5. The minimum absolute atomic E-state index is 0.0479. The van der Waals surface area contributed by atoms with E-state index in [9.17, 15) is 31.5 Å². The van der Waals surface area contributed by atoms with Crippen LogP contribution in [0.25, 0.3) is 33.2 Å². The Labute approximate surface area is 187 Å². The van der Waals surface area contributed by atoms with Crippen molar-refractivity contribution in [1.29, 1.82) is 0 Å². The molecule has 9 heteroatoms. The SMILES string of the molecule is CS(=O)(=O)c1cccc(-c2cccc(-c3c(C(=O)O)cnc4c(C(F)(F)F)cccc34)c2)c1. The van der Waals surface area contributed by atoms with Crippen LogP contribution in [0.2, 0.25) is 0 Å². The number of aromatic carboxylic acids is 1. The molecule has 0 atom stereocenters. The molecule has 3 aromatic carbocycles. The maximum absolute atomic E-state index is 13.5. The monoisotopic (exact) mass is 471 g/mol. The lowest BCUT2D eigenvalue weighted by molar-refractivity contribution is -0.136. The molecular formula is C24H16F3NO4S. The molecule has 0 aliphatic carbocycles. The van der Waals surface area contributed by atoms with Crippen LogP contribution in [-0.2, 0) is 16.0 Å². The molecule has 0 saturated heterocycles. The standard InChI is InChI=1S/C24H16F3NO4S/c1-33(31,32)17-8-3-6-15(12-17)14-5-2-7-16(11-14)21-18-9-4-10-20(24(25,26)27)22(18)28-13-19(21)23(29)30/h2-13H,1H3,(H,29,30). The topological polar surface area (TPSA) is 84.3 Å². The fourth-order valence-electron chi connectivity index (χ4n) is 3.69. The van der Waals surface area contributed by atoms with Crippen molar-refractivity contribution in [2.75, 3.05) is 6.26 Å². The van der Waals surface area contributed by atoms with Crippen LogP contribution >= 0.6 is 0 Å². The Morgan fingerprint density at radius 2 is 1.52 bits per heavy atom. The van der Waals surface area contributed by atoms with Gasteiger partial charge in [-0.05, 0) is 41.0 Å². The van der Waals surface area contributed by atoms with Crippen molar-refractivity contribution in [3.63, 3.8) is 0 Å². The molecule has 0 fully saturated rings. The predicted octanol–water partition coefficient (Wildman–Crippen LogP) is 5.69. The average Bonchev–Trinajstić information content (AvgIpc) is 2.76. The van der Waals surface area contributed by atoms with E-state index in [1.165, 1.54) is 24.3 Å². The Hall–Kier alpha value is -3.72. The molecule has 1 heterocycles. The third-order valence-electron chi connectivity index (χ3n) is 5.18. The van der Waals surface area contributed by atoms with Gasteiger partial charge >= 0.3 is 12.1 Å². The van der Waals surface area contributed by atoms with Crippen LogP contribution in [0.3, 0.4) is 0 Å². The second-order valence-electron chi connectivity index (χ2n) is 7.43. The Bertz CT molecular complexity index is 1510. The van der Waals surface area contributed by atoms with Crippen molar-refractivity contribution in [3.05, 3.63) is 84.1 Å². The van der Waals surface area contributed by atoms with Gasteiger partial charge in [0, 0.05) is 23.4 Å². The van der Waals surface area contributed by atoms with Gasteiger partial charge in [0.25, 0.3) is 0 Å². The molecule has 0 amide bonds. The zero-order chi connectivity index (χ0) is 24.0. The lowest BCUT2D eigenvalue weighted by Crippen LogP contribution is -2.08. The quantitative estimate of drug-likeness (QED) is 0.413. The summed E-state index contributed by atoms with van der Waals surface area (Å²) in [5.74, 6) is -1.33. The number of carbonyl (C=O) groups is 1. The second kappa shape index (κ2) is 8.00. The van der Waals surface area contributed by atoms with E-state index >= 15 is 0 Å². The number of carboxylic acids is 1. The summed E-state index contributed by atoms with van der Waals surface area (Å²) in [6.07, 6.45) is -2.66. The van der Waals surface area contributed by atoms with Crippen LogP contribution in [0.1, 0.15) is 15.9 Å². The molecule has 4 aromatic rings. The first kappa shape index (κ1) is 22.5. The summed E-state index contributed by atoms with van der Waals surface area (Å²) in [5, 5.41) is 9.75. The molecule has 33 heavy (non-hydrogen) atoms. The highest BCUT2D eigenvalue weighted by atomic mass is 32.2. The Kier molecular flexibility index (Phi) is 5.45. The van der Waals surface area contributed by atoms with Crippen LogP contribution in [0.15, 0.2) is 77.8 Å². The van der Waals surface area contributed by atoms with Gasteiger partial charge in [0.1, 0.15) is 0 Å². The summed E-state index contributed by atoms with van der Waals surface area (Å²) in [6.45, 7) is 0. The third-order valence-corrected chi connectivity index (χ3v) is 6.29. The van der Waals surface area contributed by atoms with Crippen molar-refractivity contribution < 1.29 is 31.5 Å². The molecule has 0 bridgehead atoms. The number of aromatic nitrogens is 1. The first-order chi connectivity index (χ1) is 15.5. The van der Waals surface area contributed by atoms with E-state index in [0.717, 1.165) is 18.5 Å². The smallest absolute Gasteiger partial charge is 0.418 e. The summed E-state index contributed by atoms with van der Waals surface area (Å²) in [7, 11) is -3.45.